The van der Waals surface area contributed by atoms with Crippen molar-refractivity contribution in [3.05, 3.63) is 23.8 Å². The first-order valence-electron chi connectivity index (χ1n) is 8.13. The third-order valence-corrected chi connectivity index (χ3v) is 4.26. The molecule has 1 aromatic carbocycles. The topological polar surface area (TPSA) is 94.5 Å². The number of fused-ring (bicyclic) bond motifs is 1. The van der Waals surface area contributed by atoms with E-state index in [0.29, 0.717) is 44.0 Å². The molecule has 0 spiro atoms. The number of rotatable bonds is 7. The van der Waals surface area contributed by atoms with Gasteiger partial charge in [0.15, 0.2) is 17.6 Å². The molecule has 0 unspecified atom stereocenters. The van der Waals surface area contributed by atoms with Gasteiger partial charge in [-0.1, -0.05) is 6.07 Å². The number of carbonyl (C=O) groups excluding carboxylic acids is 1. The van der Waals surface area contributed by atoms with Gasteiger partial charge in [0.1, 0.15) is 6.10 Å². The maximum Gasteiger partial charge on any atom is 0.332 e. The second-order valence-electron chi connectivity index (χ2n) is 5.97. The Hall–Kier alpha value is -2.32. The summed E-state index contributed by atoms with van der Waals surface area (Å²) in [6.45, 7) is 1.32. The molecule has 0 saturated carbocycles. The van der Waals surface area contributed by atoms with Crippen molar-refractivity contribution < 1.29 is 33.6 Å². The molecule has 3 rings (SSSR count). The van der Waals surface area contributed by atoms with E-state index in [1.807, 2.05) is 18.2 Å². The van der Waals surface area contributed by atoms with Crippen molar-refractivity contribution in [2.24, 2.45) is 0 Å². The Morgan fingerprint density at radius 2 is 2.00 bits per heavy atom. The Balaban J connectivity index is 1.68. The Morgan fingerprint density at radius 3 is 2.72 bits per heavy atom. The molecule has 1 saturated heterocycles. The molecule has 0 aromatic heterocycles. The quantitative estimate of drug-likeness (QED) is 0.784. The zero-order chi connectivity index (χ0) is 17.8. The molecule has 25 heavy (non-hydrogen) atoms. The standard InChI is InChI=1S/C17H21NO7/c1-22-7-6-18(16(19)13-4-5-14(25-13)17(20)21)9-11-2-3-12-15(8-11)24-10-23-12/h2-3,8,13-14H,4-7,9-10H2,1H3,(H,20,21)/t13-,14+/m0/s1. The number of methoxy groups -OCH3 is 1. The number of carboxylic acid groups (broad SMARTS) is 1. The molecular formula is C17H21NO7. The number of carboxylic acids is 1. The average molecular weight is 351 g/mol. The Kier molecular flexibility index (Phi) is 5.40. The summed E-state index contributed by atoms with van der Waals surface area (Å²) in [5.41, 5.74) is 0.890. The molecule has 0 bridgehead atoms. The number of hydrogen-bond acceptors (Lipinski definition) is 6. The highest BCUT2D eigenvalue weighted by atomic mass is 16.7. The van der Waals surface area contributed by atoms with Crippen LogP contribution in [0.25, 0.3) is 0 Å². The third kappa shape index (κ3) is 4.02. The predicted molar refractivity (Wildman–Crippen MR) is 85.4 cm³/mol. The van der Waals surface area contributed by atoms with Gasteiger partial charge in [-0.25, -0.2) is 4.79 Å². The summed E-state index contributed by atoms with van der Waals surface area (Å²) in [6.07, 6.45) is -0.898. The summed E-state index contributed by atoms with van der Waals surface area (Å²) in [5, 5.41) is 9.02. The van der Waals surface area contributed by atoms with E-state index in [2.05, 4.69) is 0 Å². The highest BCUT2D eigenvalue weighted by Crippen LogP contribution is 2.33. The van der Waals surface area contributed by atoms with Crippen LogP contribution in [-0.2, 0) is 25.6 Å². The van der Waals surface area contributed by atoms with Crippen molar-refractivity contribution in [1.82, 2.24) is 4.90 Å². The predicted octanol–water partition coefficient (Wildman–Crippen LogP) is 1.02. The maximum atomic E-state index is 12.8. The lowest BCUT2D eigenvalue weighted by Gasteiger charge is -2.25. The van der Waals surface area contributed by atoms with Gasteiger partial charge in [0.05, 0.1) is 6.61 Å². The molecule has 8 heteroatoms. The molecule has 2 atom stereocenters. The highest BCUT2D eigenvalue weighted by Gasteiger charge is 2.36. The zero-order valence-electron chi connectivity index (χ0n) is 14.0. The normalized spacial score (nSPS) is 21.3. The van der Waals surface area contributed by atoms with E-state index in [0.717, 1.165) is 5.56 Å². The fourth-order valence-electron chi connectivity index (χ4n) is 2.93. The van der Waals surface area contributed by atoms with Gasteiger partial charge in [-0.2, -0.15) is 0 Å². The van der Waals surface area contributed by atoms with Gasteiger partial charge in [0, 0.05) is 20.2 Å². The summed E-state index contributed by atoms with van der Waals surface area (Å²) < 4.78 is 21.1. The number of ether oxygens (including phenoxy) is 4. The van der Waals surface area contributed by atoms with Crippen LogP contribution >= 0.6 is 0 Å². The van der Waals surface area contributed by atoms with E-state index >= 15 is 0 Å². The number of benzene rings is 1. The largest absolute Gasteiger partial charge is 0.479 e. The molecule has 1 amide bonds. The lowest BCUT2D eigenvalue weighted by molar-refractivity contribution is -0.155. The van der Waals surface area contributed by atoms with Crippen molar-refractivity contribution in [3.63, 3.8) is 0 Å². The molecule has 2 heterocycles. The van der Waals surface area contributed by atoms with Gasteiger partial charge in [-0.3, -0.25) is 4.79 Å². The Bertz CT molecular complexity index is 648. The second-order valence-corrected chi connectivity index (χ2v) is 5.97. The smallest absolute Gasteiger partial charge is 0.332 e. The van der Waals surface area contributed by atoms with E-state index in [1.54, 1.807) is 12.0 Å². The minimum atomic E-state index is -1.03. The first kappa shape index (κ1) is 17.5. The minimum Gasteiger partial charge on any atom is -0.479 e. The number of hydrogen-bond donors (Lipinski definition) is 1. The second kappa shape index (κ2) is 7.71. The van der Waals surface area contributed by atoms with Gasteiger partial charge in [0.25, 0.3) is 5.91 Å². The molecule has 0 aliphatic carbocycles. The number of amides is 1. The zero-order valence-corrected chi connectivity index (χ0v) is 14.0. The molecular weight excluding hydrogens is 330 g/mol. The van der Waals surface area contributed by atoms with E-state index in [4.69, 9.17) is 24.1 Å². The molecule has 1 N–H and O–H groups in total. The van der Waals surface area contributed by atoms with E-state index in [1.165, 1.54) is 0 Å². The average Bonchev–Trinajstić information content (AvgIpc) is 3.26. The molecule has 2 aliphatic rings. The summed E-state index contributed by atoms with van der Waals surface area (Å²) >= 11 is 0. The fraction of sp³-hybridized carbons (Fsp3) is 0.529. The first-order valence-corrected chi connectivity index (χ1v) is 8.13. The van der Waals surface area contributed by atoms with Crippen molar-refractivity contribution >= 4 is 11.9 Å². The number of aliphatic carboxylic acids is 1. The van der Waals surface area contributed by atoms with Crippen LogP contribution in [0.1, 0.15) is 18.4 Å². The first-order chi connectivity index (χ1) is 12.1. The summed E-state index contributed by atoms with van der Waals surface area (Å²) in [5.74, 6) is 0.0784. The van der Waals surface area contributed by atoms with Gasteiger partial charge in [-0.05, 0) is 30.5 Å². The van der Waals surface area contributed by atoms with Gasteiger partial charge >= 0.3 is 5.97 Å². The monoisotopic (exact) mass is 351 g/mol. The lowest BCUT2D eigenvalue weighted by atomic mass is 10.1. The summed E-state index contributed by atoms with van der Waals surface area (Å²) in [7, 11) is 1.57. The Morgan fingerprint density at radius 1 is 1.24 bits per heavy atom. The molecule has 2 aliphatic heterocycles. The van der Waals surface area contributed by atoms with Crippen LogP contribution in [0, 0.1) is 0 Å². The van der Waals surface area contributed by atoms with Crippen molar-refractivity contribution in [2.45, 2.75) is 31.6 Å². The molecule has 1 aromatic rings. The number of carbonyl (C=O) groups is 2. The molecule has 8 nitrogen and oxygen atoms in total. The SMILES string of the molecule is COCCN(Cc1ccc2c(c1)OCO2)C(=O)[C@@H]1CC[C@H](C(=O)O)O1. The third-order valence-electron chi connectivity index (χ3n) is 4.26. The van der Waals surface area contributed by atoms with Crippen LogP contribution < -0.4 is 9.47 Å². The van der Waals surface area contributed by atoms with Gasteiger partial charge < -0.3 is 29.0 Å². The summed E-state index contributed by atoms with van der Waals surface area (Å²) in [6, 6.07) is 5.52. The van der Waals surface area contributed by atoms with Crippen LogP contribution in [-0.4, -0.2) is 61.1 Å². The fourth-order valence-corrected chi connectivity index (χ4v) is 2.93. The van der Waals surface area contributed by atoms with Gasteiger partial charge in [0.2, 0.25) is 6.79 Å². The number of nitrogens with zero attached hydrogens (tertiary/aromatic N) is 1. The maximum absolute atomic E-state index is 12.8. The van der Waals surface area contributed by atoms with Crippen LogP contribution in [0.15, 0.2) is 18.2 Å². The van der Waals surface area contributed by atoms with E-state index < -0.39 is 18.2 Å². The van der Waals surface area contributed by atoms with Crippen LogP contribution in [0.4, 0.5) is 0 Å². The van der Waals surface area contributed by atoms with Gasteiger partial charge in [-0.15, -0.1) is 0 Å². The summed E-state index contributed by atoms with van der Waals surface area (Å²) in [4.78, 5) is 25.4. The Labute approximate surface area is 145 Å². The van der Waals surface area contributed by atoms with E-state index in [-0.39, 0.29) is 12.7 Å². The lowest BCUT2D eigenvalue weighted by Crippen LogP contribution is -2.41. The molecule has 0 radical (unpaired) electrons. The van der Waals surface area contributed by atoms with Crippen LogP contribution in [0.2, 0.25) is 0 Å². The van der Waals surface area contributed by atoms with Crippen molar-refractivity contribution in [2.75, 3.05) is 27.1 Å². The van der Waals surface area contributed by atoms with E-state index in [9.17, 15) is 9.59 Å². The molecule has 136 valence electrons. The molecule has 1 fully saturated rings. The highest BCUT2D eigenvalue weighted by molar-refractivity contribution is 5.82. The van der Waals surface area contributed by atoms with Crippen LogP contribution in [0.3, 0.4) is 0 Å². The van der Waals surface area contributed by atoms with Crippen molar-refractivity contribution in [1.29, 1.82) is 0 Å². The van der Waals surface area contributed by atoms with Crippen LogP contribution in [0.5, 0.6) is 11.5 Å². The van der Waals surface area contributed by atoms with Crippen molar-refractivity contribution in [3.8, 4) is 11.5 Å². The minimum absolute atomic E-state index is 0.192.